The summed E-state index contributed by atoms with van der Waals surface area (Å²) in [7, 11) is 1.14. The number of hydrogen-bond acceptors (Lipinski definition) is 12. The number of aromatic nitrogens is 2. The molecule has 19 heteroatoms. The first-order chi connectivity index (χ1) is 30.1. The Morgan fingerprint density at radius 3 is 2.00 bits per heavy atom. The topological polar surface area (TPSA) is 176 Å². The summed E-state index contributed by atoms with van der Waals surface area (Å²) >= 11 is 0. The molecule has 1 amide bonds. The van der Waals surface area contributed by atoms with Gasteiger partial charge >= 0.3 is 17.8 Å². The summed E-state index contributed by atoms with van der Waals surface area (Å²) in [6.07, 6.45) is -8.48. The van der Waals surface area contributed by atoms with Crippen molar-refractivity contribution < 1.29 is 50.7 Å². The van der Waals surface area contributed by atoms with E-state index in [-0.39, 0.29) is 51.3 Å². The Morgan fingerprint density at radius 2 is 1.48 bits per heavy atom. The van der Waals surface area contributed by atoms with E-state index >= 15 is 0 Å². The molecule has 1 saturated heterocycles. The Balaban J connectivity index is 1.65. The third kappa shape index (κ3) is 12.1. The van der Waals surface area contributed by atoms with Crippen molar-refractivity contribution >= 4 is 14.4 Å². The molecule has 2 N–H and O–H groups in total. The van der Waals surface area contributed by atoms with Crippen LogP contribution in [0.25, 0.3) is 0 Å². The van der Waals surface area contributed by atoms with Gasteiger partial charge in [0.05, 0.1) is 39.9 Å². The van der Waals surface area contributed by atoms with E-state index in [9.17, 15) is 32.8 Å². The Kier molecular flexibility index (Phi) is 17.5. The fourth-order valence-electron chi connectivity index (χ4n) is 7.27. The zero-order valence-electron chi connectivity index (χ0n) is 35.9. The molecule has 3 aromatic carbocycles. The van der Waals surface area contributed by atoms with Crippen molar-refractivity contribution in [2.24, 2.45) is 0 Å². The number of methoxy groups -OCH3 is 2. The monoisotopic (exact) mass is 899 g/mol. The Labute approximate surface area is 364 Å². The number of nitrogens with one attached hydrogen (secondary N) is 2. The number of halogens is 3. The number of amides is 1. The molecule has 1 fully saturated rings. The molecule has 1 aliphatic heterocycles. The molecule has 2 heterocycles. The summed E-state index contributed by atoms with van der Waals surface area (Å²) in [5.74, 6) is -0.874. The van der Waals surface area contributed by atoms with Crippen LogP contribution in [0.1, 0.15) is 63.5 Å². The van der Waals surface area contributed by atoms with Gasteiger partial charge in [-0.1, -0.05) is 54.6 Å². The highest BCUT2D eigenvalue weighted by Crippen LogP contribution is 2.51. The van der Waals surface area contributed by atoms with Crippen LogP contribution in [-0.2, 0) is 33.7 Å². The largest absolute Gasteiger partial charge is 0.497 e. The van der Waals surface area contributed by atoms with E-state index in [0.29, 0.717) is 22.6 Å². The first kappa shape index (κ1) is 48.9. The number of alkyl halides is 3. The van der Waals surface area contributed by atoms with Crippen molar-refractivity contribution in [3.63, 3.8) is 0 Å². The molecule has 63 heavy (non-hydrogen) atoms. The number of carbonyl (C=O) groups is 1. The zero-order chi connectivity index (χ0) is 45.7. The number of ether oxygens (including phenoxy) is 5. The molecule has 340 valence electrons. The molecule has 4 aromatic rings. The van der Waals surface area contributed by atoms with Gasteiger partial charge in [-0.25, -0.2) is 9.46 Å². The third-order valence-electron chi connectivity index (χ3n) is 10.1. The fraction of sp³-hybridized carbons (Fsp3) is 0.455. The minimum atomic E-state index is -5.07. The second-order valence-electron chi connectivity index (χ2n) is 15.0. The van der Waals surface area contributed by atoms with E-state index in [0.717, 1.165) is 16.2 Å². The van der Waals surface area contributed by atoms with Gasteiger partial charge in [0, 0.05) is 37.5 Å². The van der Waals surface area contributed by atoms with Crippen LogP contribution in [-0.4, -0.2) is 97.3 Å². The number of rotatable bonds is 22. The normalized spacial score (nSPS) is 18.4. The van der Waals surface area contributed by atoms with Crippen LogP contribution in [0.3, 0.4) is 0 Å². The number of nitriles is 1. The highest BCUT2D eigenvalue weighted by molar-refractivity contribution is 7.44. The van der Waals surface area contributed by atoms with E-state index in [1.54, 1.807) is 14.2 Å². The summed E-state index contributed by atoms with van der Waals surface area (Å²) in [4.78, 5) is 39.5. The van der Waals surface area contributed by atoms with Gasteiger partial charge in [-0.05, 0) is 75.1 Å². The van der Waals surface area contributed by atoms with Gasteiger partial charge in [-0.2, -0.15) is 18.4 Å². The van der Waals surface area contributed by atoms with Crippen molar-refractivity contribution in [2.75, 3.05) is 40.6 Å². The average molecular weight is 900 g/mol. The Bertz CT molecular complexity index is 2160. The van der Waals surface area contributed by atoms with Gasteiger partial charge in [0.2, 0.25) is 0 Å². The minimum absolute atomic E-state index is 0.0200. The minimum Gasteiger partial charge on any atom is -0.497 e. The van der Waals surface area contributed by atoms with Gasteiger partial charge < -0.3 is 38.0 Å². The summed E-state index contributed by atoms with van der Waals surface area (Å²) in [5.41, 5.74) is -0.650. The van der Waals surface area contributed by atoms with E-state index in [2.05, 4.69) is 11.1 Å². The van der Waals surface area contributed by atoms with Crippen molar-refractivity contribution in [1.82, 2.24) is 19.5 Å². The SMILES string of the molecule is COc1ccc(C(OC[C@H]2O[C@@H](n3ccc(=O)[nH]c3=O)[C@H](OCCCNC(=O)C(F)(F)F)[C@@H]2OP(OCCC#N)N(C(C)C)C(C)C)(c2ccccc2)c2ccc(OC)cc2)cc1. The number of aromatic amines is 1. The number of carbonyl (C=O) groups excluding carboxylic acids is 1. The lowest BCUT2D eigenvalue weighted by molar-refractivity contribution is -0.173. The number of hydrogen-bond donors (Lipinski definition) is 2. The lowest BCUT2D eigenvalue weighted by atomic mass is 9.80. The molecular formula is C44H53F3N5O10P. The molecule has 0 spiro atoms. The van der Waals surface area contributed by atoms with Crippen LogP contribution < -0.4 is 26.0 Å². The zero-order valence-corrected chi connectivity index (χ0v) is 36.8. The molecule has 15 nitrogen and oxygen atoms in total. The summed E-state index contributed by atoms with van der Waals surface area (Å²) in [5, 5.41) is 11.3. The van der Waals surface area contributed by atoms with Crippen LogP contribution in [0.4, 0.5) is 13.2 Å². The second-order valence-corrected chi connectivity index (χ2v) is 16.4. The van der Waals surface area contributed by atoms with Gasteiger partial charge in [0.1, 0.15) is 35.4 Å². The lowest BCUT2D eigenvalue weighted by Gasteiger charge is -2.39. The predicted molar refractivity (Wildman–Crippen MR) is 227 cm³/mol. The molecule has 1 unspecified atom stereocenters. The van der Waals surface area contributed by atoms with Gasteiger partial charge in [-0.15, -0.1) is 0 Å². The molecule has 0 radical (unpaired) electrons. The molecular weight excluding hydrogens is 846 g/mol. The van der Waals surface area contributed by atoms with Crippen molar-refractivity contribution in [3.05, 3.63) is 129 Å². The molecule has 0 bridgehead atoms. The van der Waals surface area contributed by atoms with Crippen molar-refractivity contribution in [2.45, 2.75) is 88.9 Å². The average Bonchev–Trinajstić information content (AvgIpc) is 3.59. The van der Waals surface area contributed by atoms with E-state index < -0.39 is 62.0 Å². The molecule has 5 rings (SSSR count). The first-order valence-electron chi connectivity index (χ1n) is 20.3. The third-order valence-corrected chi connectivity index (χ3v) is 12.2. The highest BCUT2D eigenvalue weighted by Gasteiger charge is 2.51. The van der Waals surface area contributed by atoms with E-state index in [1.165, 1.54) is 6.20 Å². The maximum atomic E-state index is 13.5. The summed E-state index contributed by atoms with van der Waals surface area (Å²) in [6.45, 7) is 7.04. The van der Waals surface area contributed by atoms with Crippen molar-refractivity contribution in [1.29, 1.82) is 5.26 Å². The maximum absolute atomic E-state index is 13.5. The highest BCUT2D eigenvalue weighted by atomic mass is 31.2. The second kappa shape index (κ2) is 22.5. The lowest BCUT2D eigenvalue weighted by Crippen LogP contribution is -2.44. The molecule has 1 aromatic heterocycles. The van der Waals surface area contributed by atoms with Crippen LogP contribution in [0.2, 0.25) is 0 Å². The smallest absolute Gasteiger partial charge is 0.471 e. The maximum Gasteiger partial charge on any atom is 0.471 e. The fourth-order valence-corrected chi connectivity index (χ4v) is 9.04. The molecule has 0 saturated carbocycles. The van der Waals surface area contributed by atoms with Gasteiger partial charge in [-0.3, -0.25) is 19.1 Å². The molecule has 1 aliphatic rings. The van der Waals surface area contributed by atoms with E-state index in [4.69, 9.17) is 32.7 Å². The Hall–Kier alpha value is -5.12. The van der Waals surface area contributed by atoms with Crippen LogP contribution >= 0.6 is 8.53 Å². The molecule has 0 aliphatic carbocycles. The number of H-pyrrole nitrogens is 1. The van der Waals surface area contributed by atoms with Gasteiger partial charge in [0.25, 0.3) is 14.1 Å². The summed E-state index contributed by atoms with van der Waals surface area (Å²) in [6, 6.07) is 27.3. The van der Waals surface area contributed by atoms with Crippen LogP contribution in [0.5, 0.6) is 11.5 Å². The summed E-state index contributed by atoms with van der Waals surface area (Å²) < 4.78 is 86.7. The standard InChI is InChI=1S/C44H53F3N5O10P/c1-29(2)52(30(3)4)63(60-27-10-23-48)62-38-36(61-40(51-25-22-37(53)50-42(51)55)39(38)58-26-11-24-49-41(54)44(45,46)47)28-59-43(31-12-8-7-9-13-31,32-14-18-34(56-5)19-15-32)33-16-20-35(57-6)21-17-33/h7-9,12-22,25,29-30,36,38-40H,10-11,24,26-28H2,1-6H3,(H,49,54)(H,50,53,55)/t36-,38-,39-,40-,63?/m1/s1. The number of benzene rings is 3. The molecule has 5 atom stereocenters. The van der Waals surface area contributed by atoms with Crippen molar-refractivity contribution in [3.8, 4) is 17.6 Å². The van der Waals surface area contributed by atoms with Crippen LogP contribution in [0.15, 0.2) is 101 Å². The quantitative estimate of drug-likeness (QED) is 0.0494. The number of nitrogens with zero attached hydrogens (tertiary/aromatic N) is 3. The van der Waals surface area contributed by atoms with Crippen LogP contribution in [0, 0.1) is 11.3 Å². The Morgan fingerprint density at radius 1 is 0.889 bits per heavy atom. The van der Waals surface area contributed by atoms with E-state index in [1.807, 2.05) is 117 Å². The van der Waals surface area contributed by atoms with Gasteiger partial charge in [0.15, 0.2) is 6.23 Å². The first-order valence-corrected chi connectivity index (χ1v) is 21.4. The predicted octanol–water partition coefficient (Wildman–Crippen LogP) is 6.57.